The molecule has 0 aliphatic heterocycles. The number of hydrogen-bond donors (Lipinski definition) is 1. The molecule has 0 amide bonds. The fraction of sp³-hybridized carbons (Fsp3) is 1.00. The molecule has 1 saturated carbocycles. The van der Waals surface area contributed by atoms with Crippen LogP contribution >= 0.6 is 0 Å². The van der Waals surface area contributed by atoms with Crippen molar-refractivity contribution in [3.63, 3.8) is 0 Å². The molecule has 0 spiro atoms. The maximum absolute atomic E-state index is 3.66. The van der Waals surface area contributed by atoms with E-state index in [0.29, 0.717) is 5.41 Å². The molecule has 1 unspecified atom stereocenters. The van der Waals surface area contributed by atoms with Crippen LogP contribution in [0.2, 0.25) is 0 Å². The highest BCUT2D eigenvalue weighted by molar-refractivity contribution is 4.87. The van der Waals surface area contributed by atoms with Gasteiger partial charge in [0.15, 0.2) is 0 Å². The second kappa shape index (κ2) is 9.78. The van der Waals surface area contributed by atoms with E-state index in [0.717, 1.165) is 12.5 Å². The van der Waals surface area contributed by atoms with Gasteiger partial charge in [-0.3, -0.25) is 0 Å². The predicted molar refractivity (Wildman–Crippen MR) is 90.2 cm³/mol. The topological polar surface area (TPSA) is 15.3 Å². The minimum atomic E-state index is 0.538. The van der Waals surface area contributed by atoms with Crippen LogP contribution in [0.3, 0.4) is 0 Å². The third-order valence-corrected chi connectivity index (χ3v) is 5.19. The minimum Gasteiger partial charge on any atom is -0.316 e. The van der Waals surface area contributed by atoms with Crippen molar-refractivity contribution in [3.05, 3.63) is 0 Å². The zero-order valence-corrected chi connectivity index (χ0v) is 14.5. The van der Waals surface area contributed by atoms with Crippen molar-refractivity contribution >= 4 is 0 Å². The van der Waals surface area contributed by atoms with Crippen molar-refractivity contribution < 1.29 is 0 Å². The highest BCUT2D eigenvalue weighted by Gasteiger charge is 2.32. The standard InChI is InChI=1S/C18H38N2/c1-5-17(4)14-20(7-3)16-18(15-19-6-2)12-10-8-9-11-13-18/h17,19H,5-16H2,1-4H3. The molecule has 1 atom stereocenters. The zero-order valence-electron chi connectivity index (χ0n) is 14.5. The lowest BCUT2D eigenvalue weighted by Crippen LogP contribution is -2.45. The first-order valence-electron chi connectivity index (χ1n) is 9.09. The highest BCUT2D eigenvalue weighted by atomic mass is 15.1. The summed E-state index contributed by atoms with van der Waals surface area (Å²) in [5.74, 6) is 0.830. The molecule has 2 heteroatoms. The summed E-state index contributed by atoms with van der Waals surface area (Å²) in [7, 11) is 0. The van der Waals surface area contributed by atoms with Crippen LogP contribution in [-0.2, 0) is 0 Å². The van der Waals surface area contributed by atoms with E-state index in [1.54, 1.807) is 0 Å². The second-order valence-electron chi connectivity index (χ2n) is 7.04. The Bertz CT molecular complexity index is 232. The molecule has 0 bridgehead atoms. The Hall–Kier alpha value is -0.0800. The minimum absolute atomic E-state index is 0.538. The van der Waals surface area contributed by atoms with Gasteiger partial charge in [-0.15, -0.1) is 0 Å². The smallest absolute Gasteiger partial charge is 0.00501 e. The molecule has 0 aromatic heterocycles. The Morgan fingerprint density at radius 1 is 1.05 bits per heavy atom. The van der Waals surface area contributed by atoms with E-state index in [1.807, 2.05) is 0 Å². The SMILES string of the molecule is CCNCC1(CN(CC)CC(C)CC)CCCCCC1. The van der Waals surface area contributed by atoms with E-state index in [9.17, 15) is 0 Å². The number of nitrogens with one attached hydrogen (secondary N) is 1. The molecular formula is C18H38N2. The van der Waals surface area contributed by atoms with E-state index in [2.05, 4.69) is 37.9 Å². The molecule has 1 fully saturated rings. The Balaban J connectivity index is 2.65. The molecule has 1 N–H and O–H groups in total. The first kappa shape index (κ1) is 18.0. The van der Waals surface area contributed by atoms with Crippen molar-refractivity contribution in [2.24, 2.45) is 11.3 Å². The lowest BCUT2D eigenvalue weighted by molar-refractivity contribution is 0.119. The lowest BCUT2D eigenvalue weighted by Gasteiger charge is -2.39. The molecule has 0 heterocycles. The summed E-state index contributed by atoms with van der Waals surface area (Å²) in [6, 6.07) is 0. The average Bonchev–Trinajstić information content (AvgIpc) is 2.70. The predicted octanol–water partition coefficient (Wildman–Crippen LogP) is 4.30. The number of nitrogens with zero attached hydrogens (tertiary/aromatic N) is 1. The van der Waals surface area contributed by atoms with Crippen molar-refractivity contribution in [3.8, 4) is 0 Å². The van der Waals surface area contributed by atoms with Gasteiger partial charge in [-0.25, -0.2) is 0 Å². The van der Waals surface area contributed by atoms with Crippen LogP contribution < -0.4 is 5.32 Å². The molecule has 1 rings (SSSR count). The Morgan fingerprint density at radius 3 is 2.20 bits per heavy atom. The molecule has 120 valence electrons. The van der Waals surface area contributed by atoms with Gasteiger partial charge in [0.1, 0.15) is 0 Å². The monoisotopic (exact) mass is 282 g/mol. The van der Waals surface area contributed by atoms with Crippen molar-refractivity contribution in [2.75, 3.05) is 32.7 Å². The first-order valence-corrected chi connectivity index (χ1v) is 9.09. The normalized spacial score (nSPS) is 20.9. The van der Waals surface area contributed by atoms with Crippen LogP contribution in [0.1, 0.15) is 72.6 Å². The van der Waals surface area contributed by atoms with E-state index in [-0.39, 0.29) is 0 Å². The molecule has 0 radical (unpaired) electrons. The van der Waals surface area contributed by atoms with Gasteiger partial charge in [-0.2, -0.15) is 0 Å². The van der Waals surface area contributed by atoms with Crippen molar-refractivity contribution in [2.45, 2.75) is 72.6 Å². The van der Waals surface area contributed by atoms with Crippen molar-refractivity contribution in [1.29, 1.82) is 0 Å². The quantitative estimate of drug-likeness (QED) is 0.634. The van der Waals surface area contributed by atoms with Crippen LogP contribution in [0.4, 0.5) is 0 Å². The van der Waals surface area contributed by atoms with Crippen LogP contribution in [0, 0.1) is 11.3 Å². The molecule has 2 nitrogen and oxygen atoms in total. The molecule has 1 aliphatic rings. The average molecular weight is 283 g/mol. The molecule has 0 aromatic rings. The summed E-state index contributed by atoms with van der Waals surface area (Å²) in [4.78, 5) is 2.72. The molecular weight excluding hydrogens is 244 g/mol. The molecule has 0 saturated heterocycles. The molecule has 0 aromatic carbocycles. The largest absolute Gasteiger partial charge is 0.316 e. The van der Waals surface area contributed by atoms with Crippen LogP contribution in [-0.4, -0.2) is 37.6 Å². The fourth-order valence-electron chi connectivity index (χ4n) is 3.61. The van der Waals surface area contributed by atoms with E-state index in [4.69, 9.17) is 0 Å². The Labute approximate surface area is 127 Å². The molecule has 20 heavy (non-hydrogen) atoms. The van der Waals surface area contributed by atoms with Crippen LogP contribution in [0.25, 0.3) is 0 Å². The van der Waals surface area contributed by atoms with E-state index in [1.165, 1.54) is 71.1 Å². The fourth-order valence-corrected chi connectivity index (χ4v) is 3.61. The lowest BCUT2D eigenvalue weighted by atomic mass is 9.79. The highest BCUT2D eigenvalue weighted by Crippen LogP contribution is 2.35. The third-order valence-electron chi connectivity index (χ3n) is 5.19. The summed E-state index contributed by atoms with van der Waals surface area (Å²) in [6.07, 6.45) is 9.93. The summed E-state index contributed by atoms with van der Waals surface area (Å²) in [5.41, 5.74) is 0.538. The summed E-state index contributed by atoms with van der Waals surface area (Å²) < 4.78 is 0. The Kier molecular flexibility index (Phi) is 8.79. The Morgan fingerprint density at radius 2 is 1.70 bits per heavy atom. The van der Waals surface area contributed by atoms with Gasteiger partial charge in [0.05, 0.1) is 0 Å². The third kappa shape index (κ3) is 6.13. The zero-order chi connectivity index (χ0) is 14.8. The van der Waals surface area contributed by atoms with Crippen LogP contribution in [0.5, 0.6) is 0 Å². The van der Waals surface area contributed by atoms with Gasteiger partial charge in [0, 0.05) is 19.6 Å². The first-order chi connectivity index (χ1) is 9.65. The van der Waals surface area contributed by atoms with Crippen LogP contribution in [0.15, 0.2) is 0 Å². The van der Waals surface area contributed by atoms with Gasteiger partial charge in [0.25, 0.3) is 0 Å². The van der Waals surface area contributed by atoms with E-state index >= 15 is 0 Å². The number of rotatable bonds is 9. The summed E-state index contributed by atoms with van der Waals surface area (Å²) >= 11 is 0. The number of hydrogen-bond acceptors (Lipinski definition) is 2. The van der Waals surface area contributed by atoms with E-state index < -0.39 is 0 Å². The van der Waals surface area contributed by atoms with Crippen molar-refractivity contribution in [1.82, 2.24) is 10.2 Å². The molecule has 1 aliphatic carbocycles. The van der Waals surface area contributed by atoms with Gasteiger partial charge in [-0.1, -0.05) is 59.8 Å². The second-order valence-corrected chi connectivity index (χ2v) is 7.04. The summed E-state index contributed by atoms with van der Waals surface area (Å²) in [5, 5.41) is 3.66. The maximum Gasteiger partial charge on any atom is 0.00501 e. The summed E-state index contributed by atoms with van der Waals surface area (Å²) in [6.45, 7) is 15.4. The maximum atomic E-state index is 3.66. The van der Waals surface area contributed by atoms with Gasteiger partial charge in [0.2, 0.25) is 0 Å². The van der Waals surface area contributed by atoms with Gasteiger partial charge >= 0.3 is 0 Å². The van der Waals surface area contributed by atoms with Gasteiger partial charge in [-0.05, 0) is 37.3 Å². The van der Waals surface area contributed by atoms with Gasteiger partial charge < -0.3 is 10.2 Å².